The molecule has 0 radical (unpaired) electrons. The molecule has 1 aromatic carbocycles. The van der Waals surface area contributed by atoms with Gasteiger partial charge >= 0.3 is 6.18 Å². The lowest BCUT2D eigenvalue weighted by Crippen LogP contribution is -2.17. The molecule has 0 aliphatic carbocycles. The molecule has 4 rings (SSSR count). The Morgan fingerprint density at radius 2 is 1.88 bits per heavy atom. The molecule has 0 fully saturated rings. The fourth-order valence-corrected chi connectivity index (χ4v) is 4.91. The number of hydrogen-bond acceptors (Lipinski definition) is 5. The van der Waals surface area contributed by atoms with Gasteiger partial charge in [0.15, 0.2) is 5.65 Å². The smallest absolute Gasteiger partial charge is 0.263 e. The van der Waals surface area contributed by atoms with Crippen LogP contribution in [0.3, 0.4) is 0 Å². The van der Waals surface area contributed by atoms with Crippen LogP contribution >= 0.6 is 11.6 Å². The highest BCUT2D eigenvalue weighted by Crippen LogP contribution is 2.35. The minimum absolute atomic E-state index is 0.0125. The molecule has 0 spiro atoms. The average Bonchev–Trinajstić information content (AvgIpc) is 3.32. The average molecular weight is 480 g/mol. The number of fused-ring (bicyclic) bond motifs is 1. The zero-order chi connectivity index (χ0) is 23.3. The van der Waals surface area contributed by atoms with E-state index in [0.717, 1.165) is 28.1 Å². The van der Waals surface area contributed by atoms with Crippen LogP contribution in [0.2, 0.25) is 5.02 Å². The van der Waals surface area contributed by atoms with Crippen molar-refractivity contribution in [3.05, 3.63) is 65.1 Å². The van der Waals surface area contributed by atoms with Gasteiger partial charge in [0, 0.05) is 23.3 Å². The van der Waals surface area contributed by atoms with Crippen molar-refractivity contribution in [3.63, 3.8) is 0 Å². The van der Waals surface area contributed by atoms with E-state index in [1.165, 1.54) is 18.2 Å². The Morgan fingerprint density at radius 3 is 2.50 bits per heavy atom. The van der Waals surface area contributed by atoms with Crippen molar-refractivity contribution >= 4 is 32.7 Å². The van der Waals surface area contributed by atoms with Gasteiger partial charge in [0.2, 0.25) is 0 Å². The molecule has 0 saturated heterocycles. The van der Waals surface area contributed by atoms with Crippen LogP contribution in [0.15, 0.2) is 53.8 Å². The van der Waals surface area contributed by atoms with Crippen molar-refractivity contribution in [2.75, 3.05) is 0 Å². The van der Waals surface area contributed by atoms with Crippen LogP contribution < -0.4 is 0 Å². The Hall–Kier alpha value is -3.36. The minimum Gasteiger partial charge on any atom is -0.263 e. The predicted octanol–water partition coefficient (Wildman–Crippen LogP) is 4.53. The van der Waals surface area contributed by atoms with Crippen molar-refractivity contribution in [1.29, 1.82) is 5.26 Å². The van der Waals surface area contributed by atoms with Crippen molar-refractivity contribution in [2.45, 2.75) is 24.5 Å². The summed E-state index contributed by atoms with van der Waals surface area (Å²) >= 11 is 6.28. The van der Waals surface area contributed by atoms with E-state index in [9.17, 15) is 26.9 Å². The number of rotatable bonds is 4. The monoisotopic (exact) mass is 479 g/mol. The third-order valence-corrected chi connectivity index (χ3v) is 6.80. The molecular formula is C20H13ClF3N5O2S. The Morgan fingerprint density at radius 1 is 1.19 bits per heavy atom. The SMILES string of the molecule is Cc1ccc(S(=O)(=O)n2c(-c3cnn(CC(F)(F)F)c3)cc3c(Cl)c(C#N)cnc32)cc1. The molecule has 3 heterocycles. The largest absolute Gasteiger partial charge is 0.408 e. The van der Waals surface area contributed by atoms with Crippen molar-refractivity contribution in [3.8, 4) is 17.3 Å². The first-order valence-corrected chi connectivity index (χ1v) is 10.8. The van der Waals surface area contributed by atoms with Crippen LogP contribution in [-0.2, 0) is 16.6 Å². The topological polar surface area (TPSA) is 93.6 Å². The van der Waals surface area contributed by atoms with Crippen molar-refractivity contribution in [2.24, 2.45) is 0 Å². The van der Waals surface area contributed by atoms with E-state index in [1.807, 2.05) is 6.07 Å². The predicted molar refractivity (Wildman–Crippen MR) is 110 cm³/mol. The molecule has 32 heavy (non-hydrogen) atoms. The first-order chi connectivity index (χ1) is 15.0. The van der Waals surface area contributed by atoms with Gasteiger partial charge in [0.1, 0.15) is 12.6 Å². The van der Waals surface area contributed by atoms with Gasteiger partial charge in [0.25, 0.3) is 10.0 Å². The maximum atomic E-state index is 13.5. The second kappa shape index (κ2) is 7.65. The molecule has 0 aliphatic heterocycles. The second-order valence-electron chi connectivity index (χ2n) is 6.99. The van der Waals surface area contributed by atoms with Gasteiger partial charge in [-0.1, -0.05) is 29.3 Å². The summed E-state index contributed by atoms with van der Waals surface area (Å²) in [7, 11) is -4.23. The standard InChI is InChI=1S/C20H13ClF3N5O2S/c1-12-2-4-15(5-3-12)32(30,31)29-17(14-9-27-28(10-14)11-20(22,23)24)6-16-18(21)13(7-25)8-26-19(16)29/h2-6,8-10H,11H2,1H3. The lowest BCUT2D eigenvalue weighted by atomic mass is 10.2. The summed E-state index contributed by atoms with van der Waals surface area (Å²) in [5.74, 6) is 0. The van der Waals surface area contributed by atoms with E-state index in [2.05, 4.69) is 10.1 Å². The van der Waals surface area contributed by atoms with E-state index in [0.29, 0.717) is 4.68 Å². The van der Waals surface area contributed by atoms with Gasteiger partial charge in [-0.2, -0.15) is 23.5 Å². The molecule has 12 heteroatoms. The summed E-state index contributed by atoms with van der Waals surface area (Å²) < 4.78 is 66.9. The fourth-order valence-electron chi connectivity index (χ4n) is 3.20. The molecule has 0 saturated carbocycles. The maximum Gasteiger partial charge on any atom is 0.408 e. The minimum atomic E-state index is -4.50. The molecule has 0 aliphatic rings. The van der Waals surface area contributed by atoms with Gasteiger partial charge < -0.3 is 0 Å². The maximum absolute atomic E-state index is 13.5. The molecule has 7 nitrogen and oxygen atoms in total. The van der Waals surface area contributed by atoms with Crippen LogP contribution in [0.5, 0.6) is 0 Å². The number of pyridine rings is 1. The van der Waals surface area contributed by atoms with E-state index < -0.39 is 22.7 Å². The lowest BCUT2D eigenvalue weighted by Gasteiger charge is -2.11. The van der Waals surface area contributed by atoms with Crippen LogP contribution in [-0.4, -0.2) is 33.3 Å². The highest BCUT2D eigenvalue weighted by molar-refractivity contribution is 7.90. The molecule has 0 unspecified atom stereocenters. The number of benzene rings is 1. The number of aromatic nitrogens is 4. The van der Waals surface area contributed by atoms with Crippen LogP contribution in [0.4, 0.5) is 13.2 Å². The van der Waals surface area contributed by atoms with Gasteiger partial charge in [0.05, 0.1) is 27.4 Å². The van der Waals surface area contributed by atoms with E-state index >= 15 is 0 Å². The number of nitrogens with zero attached hydrogens (tertiary/aromatic N) is 5. The second-order valence-corrected chi connectivity index (χ2v) is 9.15. The number of hydrogen-bond donors (Lipinski definition) is 0. The Bertz CT molecular complexity index is 1480. The molecule has 4 aromatic rings. The summed E-state index contributed by atoms with van der Waals surface area (Å²) in [5.41, 5.74) is 0.933. The number of alkyl halides is 3. The van der Waals surface area contributed by atoms with Crippen LogP contribution in [0, 0.1) is 18.3 Å². The summed E-state index contributed by atoms with van der Waals surface area (Å²) in [6.07, 6.45) is -1.15. The molecule has 164 valence electrons. The Labute approximate surface area is 185 Å². The molecule has 0 bridgehead atoms. The molecular weight excluding hydrogens is 467 g/mol. The van der Waals surface area contributed by atoms with Crippen molar-refractivity contribution < 1.29 is 21.6 Å². The number of halogens is 4. The molecule has 0 amide bonds. The Balaban J connectivity index is 2.00. The van der Waals surface area contributed by atoms with Gasteiger partial charge in [-0.25, -0.2) is 17.4 Å². The third-order valence-electron chi connectivity index (χ3n) is 4.67. The third kappa shape index (κ3) is 3.83. The quantitative estimate of drug-likeness (QED) is 0.428. The molecule has 3 aromatic heterocycles. The zero-order valence-electron chi connectivity index (χ0n) is 16.3. The summed E-state index contributed by atoms with van der Waals surface area (Å²) in [5, 5.41) is 13.1. The van der Waals surface area contributed by atoms with E-state index in [-0.39, 0.29) is 37.8 Å². The van der Waals surface area contributed by atoms with Crippen LogP contribution in [0.1, 0.15) is 11.1 Å². The highest BCUT2D eigenvalue weighted by Gasteiger charge is 2.30. The highest BCUT2D eigenvalue weighted by atomic mass is 35.5. The Kier molecular flexibility index (Phi) is 5.22. The summed E-state index contributed by atoms with van der Waals surface area (Å²) in [4.78, 5) is 4.05. The first-order valence-electron chi connectivity index (χ1n) is 9.03. The van der Waals surface area contributed by atoms with E-state index in [4.69, 9.17) is 11.6 Å². The van der Waals surface area contributed by atoms with E-state index in [1.54, 1.807) is 19.1 Å². The number of aryl methyl sites for hydroxylation is 1. The first kappa shape index (κ1) is 21.9. The van der Waals surface area contributed by atoms with Gasteiger partial charge in [-0.05, 0) is 25.1 Å². The normalized spacial score (nSPS) is 12.2. The fraction of sp³-hybridized carbons (Fsp3) is 0.150. The van der Waals surface area contributed by atoms with Crippen molar-refractivity contribution in [1.82, 2.24) is 18.7 Å². The molecule has 0 atom stereocenters. The summed E-state index contributed by atoms with van der Waals surface area (Å²) in [6.45, 7) is 0.461. The number of nitriles is 1. The zero-order valence-corrected chi connectivity index (χ0v) is 17.9. The summed E-state index contributed by atoms with van der Waals surface area (Å²) in [6, 6.07) is 9.30. The lowest BCUT2D eigenvalue weighted by molar-refractivity contribution is -0.142. The molecule has 0 N–H and O–H groups in total. The van der Waals surface area contributed by atoms with Crippen LogP contribution in [0.25, 0.3) is 22.3 Å². The van der Waals surface area contributed by atoms with Gasteiger partial charge in [-0.3, -0.25) is 4.68 Å². The van der Waals surface area contributed by atoms with Gasteiger partial charge in [-0.15, -0.1) is 0 Å².